The molecule has 2 aliphatic rings. The smallest absolute Gasteiger partial charge is 0.332 e. The molecule has 0 radical (unpaired) electrons. The second kappa shape index (κ2) is 6.89. The number of H-pyrrole nitrogens is 1. The molecule has 154 valence electrons. The van der Waals surface area contributed by atoms with Gasteiger partial charge >= 0.3 is 5.69 Å². The topological polar surface area (TPSA) is 72.7 Å². The van der Waals surface area contributed by atoms with Crippen LogP contribution in [-0.4, -0.2) is 19.1 Å². The minimum absolute atomic E-state index is 0.0438. The van der Waals surface area contributed by atoms with Crippen molar-refractivity contribution in [3.05, 3.63) is 26.7 Å². The second-order valence-corrected chi connectivity index (χ2v) is 9.56. The lowest BCUT2D eigenvalue weighted by molar-refractivity contribution is 0.175. The molecule has 6 heteroatoms. The maximum absolute atomic E-state index is 13.0. The maximum Gasteiger partial charge on any atom is 0.332 e. The van der Waals surface area contributed by atoms with Crippen LogP contribution in [0.3, 0.4) is 0 Å². The molecule has 0 aliphatic heterocycles. The molecule has 2 saturated carbocycles. The Morgan fingerprint density at radius 2 is 1.79 bits per heavy atom. The number of nitrogens with one attached hydrogen (secondary N) is 1. The fraction of sp³-hybridized carbons (Fsp3) is 0.773. The van der Waals surface area contributed by atoms with Crippen LogP contribution in [0.4, 0.5) is 0 Å². The highest BCUT2D eigenvalue weighted by Gasteiger charge is 2.52. The van der Waals surface area contributed by atoms with Crippen LogP contribution in [0.15, 0.2) is 9.59 Å². The second-order valence-electron chi connectivity index (χ2n) is 9.56. The lowest BCUT2D eigenvalue weighted by atomic mass is 9.71. The van der Waals surface area contributed by atoms with Gasteiger partial charge in [0.1, 0.15) is 11.3 Å². The van der Waals surface area contributed by atoms with E-state index in [1.165, 1.54) is 17.4 Å². The van der Waals surface area contributed by atoms with E-state index in [0.717, 1.165) is 42.8 Å². The molecular formula is C22H34N4O2. The molecule has 2 bridgehead atoms. The summed E-state index contributed by atoms with van der Waals surface area (Å²) in [6, 6.07) is 0. The molecule has 1 N–H and O–H groups in total. The molecule has 28 heavy (non-hydrogen) atoms. The van der Waals surface area contributed by atoms with Crippen molar-refractivity contribution in [2.24, 2.45) is 23.7 Å². The van der Waals surface area contributed by atoms with E-state index >= 15 is 0 Å². The molecular weight excluding hydrogens is 352 g/mol. The van der Waals surface area contributed by atoms with Crippen LogP contribution in [-0.2, 0) is 18.5 Å². The van der Waals surface area contributed by atoms with E-state index in [0.29, 0.717) is 30.2 Å². The van der Waals surface area contributed by atoms with Crippen LogP contribution in [0.1, 0.15) is 72.5 Å². The fourth-order valence-electron chi connectivity index (χ4n) is 5.88. The minimum Gasteiger partial charge on any atom is -0.336 e. The first-order valence-corrected chi connectivity index (χ1v) is 11.1. The summed E-state index contributed by atoms with van der Waals surface area (Å²) < 4.78 is 3.07. The zero-order valence-electron chi connectivity index (χ0n) is 17.9. The van der Waals surface area contributed by atoms with Crippen molar-refractivity contribution < 1.29 is 0 Å². The van der Waals surface area contributed by atoms with Crippen LogP contribution < -0.4 is 11.2 Å². The molecule has 0 saturated heterocycles. The summed E-state index contributed by atoms with van der Waals surface area (Å²) in [5.74, 6) is 3.69. The van der Waals surface area contributed by atoms with Crippen LogP contribution in [0.2, 0.25) is 0 Å². The van der Waals surface area contributed by atoms with Crippen molar-refractivity contribution in [2.75, 3.05) is 0 Å². The Kier molecular flexibility index (Phi) is 4.79. The number of nitrogens with zero attached hydrogens (tertiary/aromatic N) is 3. The van der Waals surface area contributed by atoms with Gasteiger partial charge in [0, 0.05) is 18.5 Å². The first-order chi connectivity index (χ1) is 13.3. The Bertz CT molecular complexity index is 1000. The summed E-state index contributed by atoms with van der Waals surface area (Å²) >= 11 is 0. The Morgan fingerprint density at radius 3 is 2.46 bits per heavy atom. The largest absolute Gasteiger partial charge is 0.336 e. The van der Waals surface area contributed by atoms with Crippen molar-refractivity contribution in [3.8, 4) is 0 Å². The standard InChI is InChI=1S/C22H34N4O2/c1-6-8-25-18-17(19(27)26(9-7-2)21(25)28)23-20(24-18)22(5)12-15-11-16(22)10-13(3)14(15)4/h13-16H,6-12H2,1-5H3,(H,23,24)/t13?,14-,15-,16-,22-/m1/s1. The number of imidazole rings is 1. The van der Waals surface area contributed by atoms with Gasteiger partial charge in [0.05, 0.1) is 0 Å². The van der Waals surface area contributed by atoms with Crippen LogP contribution in [0.5, 0.6) is 0 Å². The van der Waals surface area contributed by atoms with E-state index in [4.69, 9.17) is 4.98 Å². The van der Waals surface area contributed by atoms with E-state index in [-0.39, 0.29) is 16.7 Å². The maximum atomic E-state index is 13.0. The Morgan fingerprint density at radius 1 is 1.11 bits per heavy atom. The zero-order chi connectivity index (χ0) is 20.2. The van der Waals surface area contributed by atoms with E-state index in [2.05, 4.69) is 25.8 Å². The van der Waals surface area contributed by atoms with Crippen molar-refractivity contribution >= 4 is 11.2 Å². The summed E-state index contributed by atoms with van der Waals surface area (Å²) in [5, 5.41) is 0. The van der Waals surface area contributed by atoms with Gasteiger partial charge in [-0.3, -0.25) is 13.9 Å². The van der Waals surface area contributed by atoms with Crippen molar-refractivity contribution in [1.29, 1.82) is 0 Å². The van der Waals surface area contributed by atoms with E-state index in [9.17, 15) is 9.59 Å². The van der Waals surface area contributed by atoms with Crippen molar-refractivity contribution in [3.63, 3.8) is 0 Å². The van der Waals surface area contributed by atoms with Gasteiger partial charge in [0.2, 0.25) is 0 Å². The number of rotatable bonds is 5. The first-order valence-electron chi connectivity index (χ1n) is 11.1. The SMILES string of the molecule is CCCn1c(=O)c2[nH]c([C@]3(C)C[C@H]4C[C@H]3CC(C)[C@H]4C)nc2n(CCC)c1=O. The van der Waals surface area contributed by atoms with E-state index in [1.807, 2.05) is 13.8 Å². The van der Waals surface area contributed by atoms with Gasteiger partial charge < -0.3 is 4.98 Å². The molecule has 4 rings (SSSR count). The van der Waals surface area contributed by atoms with Gasteiger partial charge in [0.15, 0.2) is 5.65 Å². The molecule has 0 spiro atoms. The lowest BCUT2D eigenvalue weighted by Gasteiger charge is -2.34. The molecule has 6 nitrogen and oxygen atoms in total. The predicted molar refractivity (Wildman–Crippen MR) is 112 cm³/mol. The predicted octanol–water partition coefficient (Wildman–Crippen LogP) is 3.67. The van der Waals surface area contributed by atoms with Crippen molar-refractivity contribution in [1.82, 2.24) is 19.1 Å². The molecule has 0 aromatic carbocycles. The van der Waals surface area contributed by atoms with Crippen LogP contribution in [0, 0.1) is 23.7 Å². The average molecular weight is 387 g/mol. The van der Waals surface area contributed by atoms with Crippen LogP contribution in [0.25, 0.3) is 11.2 Å². The summed E-state index contributed by atoms with van der Waals surface area (Å²) in [6.45, 7) is 12.1. The monoisotopic (exact) mass is 386 g/mol. The minimum atomic E-state index is -0.225. The highest BCUT2D eigenvalue weighted by Crippen LogP contribution is 2.57. The van der Waals surface area contributed by atoms with Gasteiger partial charge in [-0.15, -0.1) is 0 Å². The highest BCUT2D eigenvalue weighted by atomic mass is 16.2. The van der Waals surface area contributed by atoms with Gasteiger partial charge in [-0.1, -0.05) is 34.6 Å². The first kappa shape index (κ1) is 19.5. The quantitative estimate of drug-likeness (QED) is 0.852. The molecule has 2 aromatic rings. The fourth-order valence-corrected chi connectivity index (χ4v) is 5.88. The third-order valence-corrected chi connectivity index (χ3v) is 7.77. The summed E-state index contributed by atoms with van der Waals surface area (Å²) in [7, 11) is 0. The zero-order valence-corrected chi connectivity index (χ0v) is 17.9. The molecule has 2 aliphatic carbocycles. The lowest BCUT2D eigenvalue weighted by Crippen LogP contribution is -2.40. The highest BCUT2D eigenvalue weighted by molar-refractivity contribution is 5.70. The Labute approximate surface area is 166 Å². The van der Waals surface area contributed by atoms with Gasteiger partial charge in [-0.2, -0.15) is 0 Å². The van der Waals surface area contributed by atoms with Crippen LogP contribution >= 0.6 is 0 Å². The number of fused-ring (bicyclic) bond motifs is 3. The molecule has 2 heterocycles. The number of hydrogen-bond acceptors (Lipinski definition) is 3. The van der Waals surface area contributed by atoms with Gasteiger partial charge in [-0.25, -0.2) is 9.78 Å². The molecule has 1 unspecified atom stereocenters. The number of aromatic amines is 1. The van der Waals surface area contributed by atoms with Gasteiger partial charge in [0.25, 0.3) is 5.56 Å². The molecule has 2 fully saturated rings. The summed E-state index contributed by atoms with van der Waals surface area (Å²) in [5.41, 5.74) is 0.553. The van der Waals surface area contributed by atoms with E-state index in [1.54, 1.807) is 4.57 Å². The summed E-state index contributed by atoms with van der Waals surface area (Å²) in [4.78, 5) is 34.3. The third kappa shape index (κ3) is 2.71. The van der Waals surface area contributed by atoms with Gasteiger partial charge in [-0.05, 0) is 55.8 Å². The average Bonchev–Trinajstić information content (AvgIpc) is 3.22. The Hall–Kier alpha value is -1.85. The number of aryl methyl sites for hydroxylation is 1. The molecule has 5 atom stereocenters. The third-order valence-electron chi connectivity index (χ3n) is 7.77. The molecule has 0 amide bonds. The van der Waals surface area contributed by atoms with E-state index < -0.39 is 0 Å². The molecule has 2 aromatic heterocycles. The normalized spacial score (nSPS) is 32.3. The Balaban J connectivity index is 1.88. The number of aromatic nitrogens is 4. The number of hydrogen-bond donors (Lipinski definition) is 1. The summed E-state index contributed by atoms with van der Waals surface area (Å²) in [6.07, 6.45) is 5.17. The van der Waals surface area contributed by atoms with Crippen molar-refractivity contribution in [2.45, 2.75) is 85.2 Å².